The highest BCUT2D eigenvalue weighted by Gasteiger charge is 2.35. The van der Waals surface area contributed by atoms with Crippen LogP contribution in [0.3, 0.4) is 0 Å². The van der Waals surface area contributed by atoms with E-state index < -0.39 is 0 Å². The van der Waals surface area contributed by atoms with Gasteiger partial charge in [0, 0.05) is 29.9 Å². The molecule has 0 unspecified atom stereocenters. The Balaban J connectivity index is 1.62. The highest BCUT2D eigenvalue weighted by molar-refractivity contribution is 6.32. The largest absolute Gasteiger partial charge is 0.493 e. The quantitative estimate of drug-likeness (QED) is 0.421. The molecule has 9 nitrogen and oxygen atoms in total. The topological polar surface area (TPSA) is 124 Å². The highest BCUT2D eigenvalue weighted by atomic mass is 35.5. The van der Waals surface area contributed by atoms with Gasteiger partial charge in [-0.2, -0.15) is 0 Å². The van der Waals surface area contributed by atoms with E-state index in [0.717, 1.165) is 17.0 Å². The van der Waals surface area contributed by atoms with E-state index in [-0.39, 0.29) is 17.9 Å². The van der Waals surface area contributed by atoms with Crippen LogP contribution in [0.4, 0.5) is 17.2 Å². The molecule has 0 radical (unpaired) electrons. The number of H-pyrrole nitrogens is 1. The lowest BCUT2D eigenvalue weighted by atomic mass is 9.91. The number of halogens is 1. The number of anilines is 3. The third-order valence-electron chi connectivity index (χ3n) is 6.11. The molecule has 1 saturated heterocycles. The van der Waals surface area contributed by atoms with E-state index in [0.29, 0.717) is 66.3 Å². The summed E-state index contributed by atoms with van der Waals surface area (Å²) >= 11 is 6.35. The predicted molar refractivity (Wildman–Crippen MR) is 130 cm³/mol. The van der Waals surface area contributed by atoms with Crippen molar-refractivity contribution in [3.8, 4) is 17.0 Å². The number of methoxy groups -OCH3 is 1. The van der Waals surface area contributed by atoms with Crippen LogP contribution in [0.25, 0.3) is 11.3 Å². The molecule has 2 atom stereocenters. The number of benzene rings is 1. The minimum atomic E-state index is -0.167. The number of aromatic nitrogens is 2. The molecular weight excluding hydrogens is 458 g/mol. The zero-order valence-electron chi connectivity index (χ0n) is 18.7. The molecule has 0 bridgehead atoms. The average Bonchev–Trinajstić information content (AvgIpc) is 3.22. The fourth-order valence-electron chi connectivity index (χ4n) is 4.55. The fraction of sp³-hybridized carbons (Fsp3) is 0.333. The predicted octanol–water partition coefficient (Wildman–Crippen LogP) is 3.70. The maximum Gasteiger partial charge on any atom is 0.255 e. The van der Waals surface area contributed by atoms with Crippen LogP contribution in [0.1, 0.15) is 28.4 Å². The Labute approximate surface area is 201 Å². The van der Waals surface area contributed by atoms with Crippen LogP contribution >= 0.6 is 11.6 Å². The van der Waals surface area contributed by atoms with Gasteiger partial charge in [0.25, 0.3) is 5.91 Å². The van der Waals surface area contributed by atoms with Crippen molar-refractivity contribution < 1.29 is 19.0 Å². The van der Waals surface area contributed by atoms with Crippen LogP contribution in [0.2, 0.25) is 5.02 Å². The molecule has 1 aromatic carbocycles. The van der Waals surface area contributed by atoms with E-state index in [1.807, 2.05) is 18.2 Å². The van der Waals surface area contributed by atoms with Gasteiger partial charge in [0.05, 0.1) is 60.7 Å². The molecule has 178 valence electrons. The zero-order chi connectivity index (χ0) is 23.7. The van der Waals surface area contributed by atoms with Crippen LogP contribution in [0.5, 0.6) is 5.75 Å². The van der Waals surface area contributed by atoms with Crippen molar-refractivity contribution in [1.29, 1.82) is 0 Å². The minimum absolute atomic E-state index is 0.0224. The van der Waals surface area contributed by atoms with E-state index in [9.17, 15) is 4.79 Å². The number of nitrogens with zero attached hydrogens (tertiary/aromatic N) is 1. The number of hydrogen-bond acceptors (Lipinski definition) is 7. The Morgan fingerprint density at radius 3 is 2.97 bits per heavy atom. The molecule has 1 fully saturated rings. The molecular formula is C24H26ClN5O4. The van der Waals surface area contributed by atoms with E-state index in [4.69, 9.17) is 31.5 Å². The van der Waals surface area contributed by atoms with Crippen molar-refractivity contribution in [3.63, 3.8) is 0 Å². The number of carbonyl (C=O) groups is 1. The third kappa shape index (κ3) is 4.29. The smallest absolute Gasteiger partial charge is 0.255 e. The maximum atomic E-state index is 13.1. The summed E-state index contributed by atoms with van der Waals surface area (Å²) in [4.78, 5) is 20.8. The number of ether oxygens (including phenoxy) is 3. The lowest BCUT2D eigenvalue weighted by Crippen LogP contribution is -2.38. The molecule has 1 amide bonds. The van der Waals surface area contributed by atoms with Crippen LogP contribution in [0.15, 0.2) is 36.5 Å². The first kappa shape index (κ1) is 22.5. The second-order valence-electron chi connectivity index (χ2n) is 8.29. The van der Waals surface area contributed by atoms with Crippen LogP contribution < -0.4 is 21.1 Å². The molecule has 2 aliphatic heterocycles. The monoisotopic (exact) mass is 483 g/mol. The number of carbonyl (C=O) groups excluding carboxylic acids is 1. The SMILES string of the molecule is COc1c(Cl)cccc1Nc1c(-c2ccnc(N)c2)[nH]c2c1C(=O)NC[C@@H]2C[C@@H]1COCCO1. The van der Waals surface area contributed by atoms with Gasteiger partial charge in [-0.25, -0.2) is 4.98 Å². The van der Waals surface area contributed by atoms with E-state index in [1.54, 1.807) is 25.4 Å². The van der Waals surface area contributed by atoms with E-state index in [2.05, 4.69) is 20.6 Å². The normalized spacial score (nSPS) is 19.9. The number of aromatic amines is 1. The van der Waals surface area contributed by atoms with Gasteiger partial charge in [-0.15, -0.1) is 0 Å². The summed E-state index contributed by atoms with van der Waals surface area (Å²) in [5, 5.41) is 6.89. The lowest BCUT2D eigenvalue weighted by Gasteiger charge is -2.29. The summed E-state index contributed by atoms with van der Waals surface area (Å²) in [6.45, 7) is 2.22. The minimum Gasteiger partial charge on any atom is -0.493 e. The van der Waals surface area contributed by atoms with Crippen LogP contribution in [-0.2, 0) is 9.47 Å². The second kappa shape index (κ2) is 9.54. The molecule has 34 heavy (non-hydrogen) atoms. The van der Waals surface area contributed by atoms with E-state index >= 15 is 0 Å². The molecule has 0 aliphatic carbocycles. The van der Waals surface area contributed by atoms with Gasteiger partial charge in [0.2, 0.25) is 0 Å². The fourth-order valence-corrected chi connectivity index (χ4v) is 4.81. The summed E-state index contributed by atoms with van der Waals surface area (Å²) in [5.41, 5.74) is 10.1. The zero-order valence-corrected chi connectivity index (χ0v) is 19.4. The Hall–Kier alpha value is -3.27. The number of nitrogens with one attached hydrogen (secondary N) is 3. The van der Waals surface area contributed by atoms with Crippen molar-refractivity contribution in [2.45, 2.75) is 18.4 Å². The number of fused-ring (bicyclic) bond motifs is 1. The van der Waals surface area contributed by atoms with Gasteiger partial charge in [-0.3, -0.25) is 4.79 Å². The van der Waals surface area contributed by atoms with Gasteiger partial charge in [0.15, 0.2) is 5.75 Å². The Morgan fingerprint density at radius 2 is 2.21 bits per heavy atom. The number of nitrogen functional groups attached to an aromatic ring is 1. The van der Waals surface area contributed by atoms with Crippen molar-refractivity contribution in [2.24, 2.45) is 0 Å². The standard InChI is InChI=1S/C24H26ClN5O4/c1-32-23-16(25)3-2-4-17(23)29-22-19-20(30-21(22)13-5-6-27-18(26)10-13)14(11-28-24(19)31)9-15-12-33-7-8-34-15/h2-6,10,14-15,29-30H,7-9,11-12H2,1H3,(H2,26,27)(H,28,31)/t14-,15+/m0/s1. The molecule has 2 aliphatic rings. The molecule has 0 spiro atoms. The molecule has 5 N–H and O–H groups in total. The summed E-state index contributed by atoms with van der Waals surface area (Å²) < 4.78 is 17.0. The second-order valence-corrected chi connectivity index (χ2v) is 8.70. The summed E-state index contributed by atoms with van der Waals surface area (Å²) in [6, 6.07) is 9.03. The molecule has 0 saturated carbocycles. The Bertz CT molecular complexity index is 1210. The molecule has 5 rings (SSSR count). The number of para-hydroxylation sites is 1. The van der Waals surface area contributed by atoms with Gasteiger partial charge in [-0.05, 0) is 30.7 Å². The summed E-state index contributed by atoms with van der Waals surface area (Å²) in [5.74, 6) is 0.721. The Kier molecular flexibility index (Phi) is 6.32. The van der Waals surface area contributed by atoms with Crippen molar-refractivity contribution >= 4 is 34.7 Å². The number of nitrogens with two attached hydrogens (primary N) is 1. The van der Waals surface area contributed by atoms with E-state index in [1.165, 1.54) is 0 Å². The number of amides is 1. The van der Waals surface area contributed by atoms with Crippen LogP contribution in [-0.4, -0.2) is 55.5 Å². The Morgan fingerprint density at radius 1 is 1.32 bits per heavy atom. The third-order valence-corrected chi connectivity index (χ3v) is 6.40. The first-order chi connectivity index (χ1) is 16.5. The number of rotatable bonds is 6. The summed E-state index contributed by atoms with van der Waals surface area (Å²) in [6.07, 6.45) is 2.32. The first-order valence-electron chi connectivity index (χ1n) is 11.1. The van der Waals surface area contributed by atoms with Crippen molar-refractivity contribution in [2.75, 3.05) is 44.5 Å². The molecule has 3 aromatic rings. The number of pyridine rings is 1. The van der Waals surface area contributed by atoms with Crippen molar-refractivity contribution in [1.82, 2.24) is 15.3 Å². The first-order valence-corrected chi connectivity index (χ1v) is 11.5. The number of hydrogen-bond donors (Lipinski definition) is 4. The lowest BCUT2D eigenvalue weighted by molar-refractivity contribution is -0.0928. The van der Waals surface area contributed by atoms with Gasteiger partial charge in [-0.1, -0.05) is 17.7 Å². The molecule has 4 heterocycles. The maximum absolute atomic E-state index is 13.1. The molecule has 10 heteroatoms. The van der Waals surface area contributed by atoms with Gasteiger partial charge < -0.3 is 35.6 Å². The average molecular weight is 484 g/mol. The van der Waals surface area contributed by atoms with Crippen LogP contribution in [0, 0.1) is 0 Å². The van der Waals surface area contributed by atoms with Crippen molar-refractivity contribution in [3.05, 3.63) is 52.8 Å². The molecule has 2 aromatic heterocycles. The van der Waals surface area contributed by atoms with Gasteiger partial charge >= 0.3 is 0 Å². The van der Waals surface area contributed by atoms with Gasteiger partial charge in [0.1, 0.15) is 5.82 Å². The summed E-state index contributed by atoms with van der Waals surface area (Å²) in [7, 11) is 1.55. The highest BCUT2D eigenvalue weighted by Crippen LogP contribution is 2.43.